The van der Waals surface area contributed by atoms with Gasteiger partial charge in [-0.3, -0.25) is 0 Å². The molecule has 1 N–H and O–H groups in total. The van der Waals surface area contributed by atoms with Gasteiger partial charge in [0.2, 0.25) is 0 Å². The van der Waals surface area contributed by atoms with Crippen molar-refractivity contribution in [3.63, 3.8) is 0 Å². The highest BCUT2D eigenvalue weighted by Crippen LogP contribution is 2.35. The quantitative estimate of drug-likeness (QED) is 0.741. The standard InChI is InChI=1S/C19H40N2/c1-7-12-19(6,15-20-8-2)16-21-13-9-10-17(11-14-21)18(3,4)5/h17,20H,7-16H2,1-6H3. The average Bonchev–Trinajstić information content (AvgIpc) is 2.62. The molecule has 1 fully saturated rings. The fourth-order valence-electron chi connectivity index (χ4n) is 3.97. The normalized spacial score (nSPS) is 24.6. The summed E-state index contributed by atoms with van der Waals surface area (Å²) < 4.78 is 0. The summed E-state index contributed by atoms with van der Waals surface area (Å²) in [4.78, 5) is 2.75. The summed E-state index contributed by atoms with van der Waals surface area (Å²) >= 11 is 0. The summed E-state index contributed by atoms with van der Waals surface area (Å²) in [6.07, 6.45) is 6.80. The van der Waals surface area contributed by atoms with E-state index in [4.69, 9.17) is 0 Å². The molecule has 0 spiro atoms. The van der Waals surface area contributed by atoms with Gasteiger partial charge in [0.1, 0.15) is 0 Å². The van der Waals surface area contributed by atoms with Gasteiger partial charge in [-0.25, -0.2) is 0 Å². The molecule has 2 unspecified atom stereocenters. The molecular formula is C19H40N2. The lowest BCUT2D eigenvalue weighted by molar-refractivity contribution is 0.147. The van der Waals surface area contributed by atoms with Crippen LogP contribution in [0.3, 0.4) is 0 Å². The van der Waals surface area contributed by atoms with Crippen LogP contribution in [0.25, 0.3) is 0 Å². The smallest absolute Gasteiger partial charge is 0.00475 e. The number of rotatable bonds is 7. The molecule has 0 saturated carbocycles. The second kappa shape index (κ2) is 8.53. The van der Waals surface area contributed by atoms with E-state index < -0.39 is 0 Å². The third-order valence-corrected chi connectivity index (χ3v) is 5.31. The highest BCUT2D eigenvalue weighted by atomic mass is 15.1. The van der Waals surface area contributed by atoms with Gasteiger partial charge >= 0.3 is 0 Å². The van der Waals surface area contributed by atoms with E-state index in [0.29, 0.717) is 10.8 Å². The molecule has 126 valence electrons. The van der Waals surface area contributed by atoms with Crippen molar-refractivity contribution in [2.45, 2.75) is 73.6 Å². The zero-order valence-electron chi connectivity index (χ0n) is 15.6. The van der Waals surface area contributed by atoms with Gasteiger partial charge in [0, 0.05) is 13.1 Å². The molecular weight excluding hydrogens is 256 g/mol. The molecule has 1 aliphatic heterocycles. The van der Waals surface area contributed by atoms with Crippen LogP contribution in [0.5, 0.6) is 0 Å². The average molecular weight is 297 g/mol. The minimum Gasteiger partial charge on any atom is -0.316 e. The maximum Gasteiger partial charge on any atom is 0.00475 e. The Morgan fingerprint density at radius 2 is 1.76 bits per heavy atom. The summed E-state index contributed by atoms with van der Waals surface area (Å²) in [5.74, 6) is 0.897. The lowest BCUT2D eigenvalue weighted by Crippen LogP contribution is -2.42. The summed E-state index contributed by atoms with van der Waals surface area (Å²) in [5, 5.41) is 3.59. The lowest BCUT2D eigenvalue weighted by Gasteiger charge is -2.36. The molecule has 2 nitrogen and oxygen atoms in total. The van der Waals surface area contributed by atoms with Gasteiger partial charge in [-0.2, -0.15) is 0 Å². The van der Waals surface area contributed by atoms with E-state index in [-0.39, 0.29) is 0 Å². The maximum atomic E-state index is 3.59. The first-order chi connectivity index (χ1) is 9.80. The molecule has 0 aromatic heterocycles. The molecule has 0 bridgehead atoms. The van der Waals surface area contributed by atoms with Crippen LogP contribution >= 0.6 is 0 Å². The van der Waals surface area contributed by atoms with E-state index in [1.54, 1.807) is 0 Å². The third kappa shape index (κ3) is 6.69. The monoisotopic (exact) mass is 296 g/mol. The van der Waals surface area contributed by atoms with Crippen LogP contribution in [-0.4, -0.2) is 37.6 Å². The third-order valence-electron chi connectivity index (χ3n) is 5.31. The van der Waals surface area contributed by atoms with Crippen LogP contribution < -0.4 is 5.32 Å². The molecule has 21 heavy (non-hydrogen) atoms. The van der Waals surface area contributed by atoms with Crippen LogP contribution in [0.15, 0.2) is 0 Å². The van der Waals surface area contributed by atoms with Gasteiger partial charge < -0.3 is 10.2 Å². The number of likely N-dealkylation sites (tertiary alicyclic amines) is 1. The fourth-order valence-corrected chi connectivity index (χ4v) is 3.97. The van der Waals surface area contributed by atoms with E-state index >= 15 is 0 Å². The van der Waals surface area contributed by atoms with Gasteiger partial charge in [-0.15, -0.1) is 0 Å². The molecule has 0 aromatic carbocycles. The minimum atomic E-state index is 0.437. The van der Waals surface area contributed by atoms with E-state index in [9.17, 15) is 0 Å². The topological polar surface area (TPSA) is 15.3 Å². The van der Waals surface area contributed by atoms with Gasteiger partial charge in [0.25, 0.3) is 0 Å². The van der Waals surface area contributed by atoms with Gasteiger partial charge in [0.15, 0.2) is 0 Å². The lowest BCUT2D eigenvalue weighted by atomic mass is 9.77. The molecule has 1 heterocycles. The van der Waals surface area contributed by atoms with E-state index in [1.807, 2.05) is 0 Å². The Morgan fingerprint density at radius 3 is 2.33 bits per heavy atom. The summed E-state index contributed by atoms with van der Waals surface area (Å²) in [6.45, 7) is 20.4. The van der Waals surface area contributed by atoms with Crippen LogP contribution in [-0.2, 0) is 0 Å². The van der Waals surface area contributed by atoms with Crippen molar-refractivity contribution in [2.75, 3.05) is 32.7 Å². The number of nitrogens with zero attached hydrogens (tertiary/aromatic N) is 1. The van der Waals surface area contributed by atoms with Crippen molar-refractivity contribution in [2.24, 2.45) is 16.7 Å². The van der Waals surface area contributed by atoms with E-state index in [0.717, 1.165) is 19.0 Å². The van der Waals surface area contributed by atoms with Crippen molar-refractivity contribution in [3.05, 3.63) is 0 Å². The first-order valence-corrected chi connectivity index (χ1v) is 9.24. The van der Waals surface area contributed by atoms with Crippen molar-refractivity contribution < 1.29 is 0 Å². The van der Waals surface area contributed by atoms with Crippen LogP contribution in [0, 0.1) is 16.7 Å². The minimum absolute atomic E-state index is 0.437. The maximum absolute atomic E-state index is 3.59. The second-order valence-electron chi connectivity index (χ2n) is 8.61. The number of nitrogens with one attached hydrogen (secondary N) is 1. The molecule has 0 aromatic rings. The molecule has 0 radical (unpaired) electrons. The first-order valence-electron chi connectivity index (χ1n) is 9.24. The molecule has 0 amide bonds. The summed E-state index contributed by atoms with van der Waals surface area (Å²) in [5.41, 5.74) is 0.916. The predicted octanol–water partition coefficient (Wildman–Crippen LogP) is 4.55. The zero-order chi connectivity index (χ0) is 15.9. The van der Waals surface area contributed by atoms with E-state index in [2.05, 4.69) is 51.8 Å². The van der Waals surface area contributed by atoms with Crippen molar-refractivity contribution in [1.82, 2.24) is 10.2 Å². The Hall–Kier alpha value is -0.0800. The molecule has 2 atom stereocenters. The van der Waals surface area contributed by atoms with Crippen LogP contribution in [0.4, 0.5) is 0 Å². The van der Waals surface area contributed by atoms with Crippen LogP contribution in [0.1, 0.15) is 73.6 Å². The Labute approximate surface area is 134 Å². The summed E-state index contributed by atoms with van der Waals surface area (Å²) in [6, 6.07) is 0. The second-order valence-corrected chi connectivity index (χ2v) is 8.61. The molecule has 1 saturated heterocycles. The van der Waals surface area contributed by atoms with Gasteiger partial charge in [-0.05, 0) is 62.1 Å². The highest BCUT2D eigenvalue weighted by Gasteiger charge is 2.30. The Bertz CT molecular complexity index is 282. The predicted molar refractivity (Wildman–Crippen MR) is 94.8 cm³/mol. The zero-order valence-corrected chi connectivity index (χ0v) is 15.6. The van der Waals surface area contributed by atoms with E-state index in [1.165, 1.54) is 51.7 Å². The Balaban J connectivity index is 2.56. The van der Waals surface area contributed by atoms with Crippen molar-refractivity contribution in [1.29, 1.82) is 0 Å². The molecule has 2 heteroatoms. The molecule has 0 aliphatic carbocycles. The molecule has 1 rings (SSSR count). The Kier molecular flexibility index (Phi) is 7.70. The van der Waals surface area contributed by atoms with Gasteiger partial charge in [0.05, 0.1) is 0 Å². The first kappa shape index (κ1) is 19.0. The van der Waals surface area contributed by atoms with Crippen molar-refractivity contribution >= 4 is 0 Å². The van der Waals surface area contributed by atoms with Gasteiger partial charge in [-0.1, -0.05) is 48.0 Å². The largest absolute Gasteiger partial charge is 0.316 e. The van der Waals surface area contributed by atoms with Crippen molar-refractivity contribution in [3.8, 4) is 0 Å². The summed E-state index contributed by atoms with van der Waals surface area (Å²) in [7, 11) is 0. The fraction of sp³-hybridized carbons (Fsp3) is 1.00. The number of hydrogen-bond acceptors (Lipinski definition) is 2. The Morgan fingerprint density at radius 1 is 1.05 bits per heavy atom. The SMILES string of the molecule is CCCC(C)(CNCC)CN1CCCC(C(C)(C)C)CC1. The molecule has 1 aliphatic rings. The highest BCUT2D eigenvalue weighted by molar-refractivity contribution is 4.84. The number of hydrogen-bond donors (Lipinski definition) is 1. The van der Waals surface area contributed by atoms with Crippen LogP contribution in [0.2, 0.25) is 0 Å².